The average Bonchev–Trinajstić information content (AvgIpc) is 3.26. The Hall–Kier alpha value is -1.61. The molecule has 1 aliphatic rings. The molecule has 1 unspecified atom stereocenters. The van der Waals surface area contributed by atoms with Gasteiger partial charge in [0.05, 0.1) is 0 Å². The Morgan fingerprint density at radius 1 is 1.31 bits per heavy atom. The number of benzene rings is 1. The number of amides is 1. The molecule has 9 heteroatoms. The number of nitrogens with one attached hydrogen (secondary N) is 2. The molecule has 1 atom stereocenters. The second-order valence-corrected chi connectivity index (χ2v) is 8.83. The zero-order valence-electron chi connectivity index (χ0n) is 14.3. The van der Waals surface area contributed by atoms with Crippen molar-refractivity contribution in [3.05, 3.63) is 47.3 Å². The van der Waals surface area contributed by atoms with Crippen molar-refractivity contribution in [1.82, 2.24) is 10.2 Å². The van der Waals surface area contributed by atoms with Gasteiger partial charge in [0, 0.05) is 30.4 Å². The fourth-order valence-corrected chi connectivity index (χ4v) is 5.10. The molecule has 142 valence electrons. The number of nitrogens with zero attached hydrogens (tertiary/aromatic N) is 1. The number of halogens is 1. The van der Waals surface area contributed by atoms with E-state index in [0.717, 1.165) is 37.3 Å². The summed E-state index contributed by atoms with van der Waals surface area (Å²) in [7, 11) is -1.74. The standard InChI is InChI=1S/C17H21N3O3S2.ClH/c1-18-12-15-7-3-9-20(15)17(21)13-5-2-6-14(11-13)19-25(22,23)16-8-4-10-24-16;/h2,4-6,8,10-11,15,18-19H,3,7,9,12H2,1H3;1H. The van der Waals surface area contributed by atoms with E-state index in [1.165, 1.54) is 0 Å². The van der Waals surface area contributed by atoms with Crippen LogP contribution in [0.4, 0.5) is 5.69 Å². The van der Waals surface area contributed by atoms with E-state index >= 15 is 0 Å². The highest BCUT2D eigenvalue weighted by Gasteiger charge is 2.29. The number of anilines is 1. The summed E-state index contributed by atoms with van der Waals surface area (Å²) in [6, 6.07) is 10.1. The Bertz CT molecular complexity index is 841. The second kappa shape index (κ2) is 8.85. The number of carbonyl (C=O) groups is 1. The lowest BCUT2D eigenvalue weighted by Gasteiger charge is -2.24. The monoisotopic (exact) mass is 415 g/mol. The first-order valence-electron chi connectivity index (χ1n) is 8.13. The van der Waals surface area contributed by atoms with Crippen LogP contribution < -0.4 is 10.0 Å². The quantitative estimate of drug-likeness (QED) is 0.760. The van der Waals surface area contributed by atoms with Crippen molar-refractivity contribution in [2.75, 3.05) is 24.9 Å². The molecule has 1 aromatic carbocycles. The molecule has 0 aliphatic carbocycles. The maximum Gasteiger partial charge on any atom is 0.271 e. The van der Waals surface area contributed by atoms with Crippen LogP contribution in [-0.4, -0.2) is 45.4 Å². The van der Waals surface area contributed by atoms with Crippen LogP contribution in [0.2, 0.25) is 0 Å². The van der Waals surface area contributed by atoms with E-state index in [9.17, 15) is 13.2 Å². The minimum atomic E-state index is -3.62. The Balaban J connectivity index is 0.00000243. The number of carbonyl (C=O) groups excluding carboxylic acids is 1. The molecule has 1 amide bonds. The molecule has 0 bridgehead atoms. The summed E-state index contributed by atoms with van der Waals surface area (Å²) < 4.78 is 27.5. The van der Waals surface area contributed by atoms with E-state index in [0.29, 0.717) is 11.3 Å². The van der Waals surface area contributed by atoms with Gasteiger partial charge in [-0.15, -0.1) is 23.7 Å². The Morgan fingerprint density at radius 2 is 2.12 bits per heavy atom. The summed E-state index contributed by atoms with van der Waals surface area (Å²) in [5.74, 6) is -0.0603. The Morgan fingerprint density at radius 3 is 2.81 bits per heavy atom. The molecule has 0 saturated carbocycles. The van der Waals surface area contributed by atoms with Gasteiger partial charge in [-0.05, 0) is 49.5 Å². The normalized spacial score (nSPS) is 17.0. The van der Waals surface area contributed by atoms with Crippen molar-refractivity contribution in [2.45, 2.75) is 23.1 Å². The average molecular weight is 416 g/mol. The van der Waals surface area contributed by atoms with Gasteiger partial charge in [-0.2, -0.15) is 0 Å². The summed E-state index contributed by atoms with van der Waals surface area (Å²) in [5, 5.41) is 4.83. The first kappa shape index (κ1) is 20.7. The SMILES string of the molecule is CNCC1CCCN1C(=O)c1cccc(NS(=O)(=O)c2cccs2)c1.Cl. The lowest BCUT2D eigenvalue weighted by molar-refractivity contribution is 0.0737. The topological polar surface area (TPSA) is 78.5 Å². The summed E-state index contributed by atoms with van der Waals surface area (Å²) in [6.07, 6.45) is 1.97. The van der Waals surface area contributed by atoms with Crippen LogP contribution >= 0.6 is 23.7 Å². The van der Waals surface area contributed by atoms with Crippen molar-refractivity contribution in [2.24, 2.45) is 0 Å². The van der Waals surface area contributed by atoms with Crippen molar-refractivity contribution < 1.29 is 13.2 Å². The second-order valence-electron chi connectivity index (χ2n) is 5.97. The van der Waals surface area contributed by atoms with Crippen LogP contribution in [0.5, 0.6) is 0 Å². The van der Waals surface area contributed by atoms with E-state index < -0.39 is 10.0 Å². The number of sulfonamides is 1. The van der Waals surface area contributed by atoms with Gasteiger partial charge in [-0.3, -0.25) is 9.52 Å². The van der Waals surface area contributed by atoms with Crippen molar-refractivity contribution >= 4 is 45.4 Å². The number of rotatable bonds is 6. The van der Waals surface area contributed by atoms with Gasteiger partial charge in [-0.1, -0.05) is 12.1 Å². The van der Waals surface area contributed by atoms with Crippen molar-refractivity contribution in [3.63, 3.8) is 0 Å². The van der Waals surface area contributed by atoms with Crippen LogP contribution in [0, 0.1) is 0 Å². The number of hydrogen-bond acceptors (Lipinski definition) is 5. The van der Waals surface area contributed by atoms with Gasteiger partial charge < -0.3 is 10.2 Å². The lowest BCUT2D eigenvalue weighted by atomic mass is 10.1. The molecule has 6 nitrogen and oxygen atoms in total. The third kappa shape index (κ3) is 4.56. The molecule has 1 saturated heterocycles. The molecule has 1 aliphatic heterocycles. The third-order valence-electron chi connectivity index (χ3n) is 4.20. The predicted molar refractivity (Wildman–Crippen MR) is 107 cm³/mol. The first-order valence-corrected chi connectivity index (χ1v) is 10.5. The molecular formula is C17H22ClN3O3S2. The molecule has 0 spiro atoms. The van der Waals surface area contributed by atoms with Gasteiger partial charge in [0.2, 0.25) is 0 Å². The number of hydrogen-bond donors (Lipinski definition) is 2. The minimum absolute atomic E-state index is 0. The molecule has 1 fully saturated rings. The molecule has 1 aromatic heterocycles. The van der Waals surface area contributed by atoms with Crippen molar-refractivity contribution in [1.29, 1.82) is 0 Å². The number of likely N-dealkylation sites (tertiary alicyclic amines) is 1. The van der Waals surface area contributed by atoms with Crippen LogP contribution in [-0.2, 0) is 10.0 Å². The first-order chi connectivity index (χ1) is 12.0. The number of likely N-dealkylation sites (N-methyl/N-ethyl adjacent to an activating group) is 1. The third-order valence-corrected chi connectivity index (χ3v) is 6.98. The van der Waals surface area contributed by atoms with Crippen LogP contribution in [0.15, 0.2) is 46.0 Å². The highest BCUT2D eigenvalue weighted by molar-refractivity contribution is 7.94. The molecular weight excluding hydrogens is 394 g/mol. The fourth-order valence-electron chi connectivity index (χ4n) is 3.05. The Labute approximate surface area is 164 Å². The minimum Gasteiger partial charge on any atom is -0.334 e. The summed E-state index contributed by atoms with van der Waals surface area (Å²) >= 11 is 1.15. The Kier molecular flexibility index (Phi) is 7.05. The lowest BCUT2D eigenvalue weighted by Crippen LogP contribution is -2.40. The zero-order valence-corrected chi connectivity index (χ0v) is 16.8. The zero-order chi connectivity index (χ0) is 17.9. The van der Waals surface area contributed by atoms with E-state index in [1.54, 1.807) is 41.8 Å². The van der Waals surface area contributed by atoms with Crippen LogP contribution in [0.25, 0.3) is 0 Å². The van der Waals surface area contributed by atoms with Gasteiger partial charge in [0.25, 0.3) is 15.9 Å². The number of thiophene rings is 1. The highest BCUT2D eigenvalue weighted by Crippen LogP contribution is 2.23. The molecule has 2 aromatic rings. The van der Waals surface area contributed by atoms with E-state index in [2.05, 4.69) is 10.0 Å². The highest BCUT2D eigenvalue weighted by atomic mass is 35.5. The van der Waals surface area contributed by atoms with Gasteiger partial charge in [-0.25, -0.2) is 8.42 Å². The van der Waals surface area contributed by atoms with E-state index in [-0.39, 0.29) is 28.6 Å². The molecule has 3 rings (SSSR count). The smallest absolute Gasteiger partial charge is 0.271 e. The van der Waals surface area contributed by atoms with Gasteiger partial charge >= 0.3 is 0 Å². The van der Waals surface area contributed by atoms with Crippen LogP contribution in [0.3, 0.4) is 0 Å². The van der Waals surface area contributed by atoms with Gasteiger partial charge in [0.15, 0.2) is 0 Å². The summed E-state index contributed by atoms with van der Waals surface area (Å²) in [6.45, 7) is 1.49. The maximum absolute atomic E-state index is 12.8. The maximum atomic E-state index is 12.8. The van der Waals surface area contributed by atoms with E-state index in [1.807, 2.05) is 11.9 Å². The molecule has 0 radical (unpaired) electrons. The summed E-state index contributed by atoms with van der Waals surface area (Å²) in [4.78, 5) is 14.7. The summed E-state index contributed by atoms with van der Waals surface area (Å²) in [5.41, 5.74) is 0.887. The largest absolute Gasteiger partial charge is 0.334 e. The van der Waals surface area contributed by atoms with Crippen molar-refractivity contribution in [3.8, 4) is 0 Å². The molecule has 2 N–H and O–H groups in total. The van der Waals surface area contributed by atoms with Gasteiger partial charge in [0.1, 0.15) is 4.21 Å². The fraction of sp³-hybridized carbons (Fsp3) is 0.353. The molecule has 26 heavy (non-hydrogen) atoms. The molecule has 2 heterocycles. The van der Waals surface area contributed by atoms with Crippen LogP contribution in [0.1, 0.15) is 23.2 Å². The predicted octanol–water partition coefficient (Wildman–Crippen LogP) is 2.79. The van der Waals surface area contributed by atoms with E-state index in [4.69, 9.17) is 0 Å².